The fraction of sp³-hybridized carbons (Fsp3) is 0.375. The van der Waals surface area contributed by atoms with E-state index < -0.39 is 0 Å². The van der Waals surface area contributed by atoms with E-state index in [4.69, 9.17) is 0 Å². The summed E-state index contributed by atoms with van der Waals surface area (Å²) in [5.74, 6) is 1.78. The van der Waals surface area contributed by atoms with E-state index in [1.165, 1.54) is 11.1 Å². The number of nitrogens with zero attached hydrogens (tertiary/aromatic N) is 2. The summed E-state index contributed by atoms with van der Waals surface area (Å²) in [7, 11) is 1.89. The van der Waals surface area contributed by atoms with Crippen molar-refractivity contribution in [3.8, 4) is 0 Å². The summed E-state index contributed by atoms with van der Waals surface area (Å²) in [5.41, 5.74) is 4.69. The Morgan fingerprint density at radius 1 is 1.00 bits per heavy atom. The second-order valence-electron chi connectivity index (χ2n) is 5.05. The molecular weight excluding hydrogens is 248 g/mol. The first-order chi connectivity index (χ1) is 9.63. The molecule has 0 aliphatic heterocycles. The van der Waals surface area contributed by atoms with Gasteiger partial charge in [0.05, 0.1) is 0 Å². The van der Waals surface area contributed by atoms with Crippen molar-refractivity contribution in [1.82, 2.24) is 9.97 Å². The summed E-state index contributed by atoms with van der Waals surface area (Å²) in [5, 5.41) is 6.56. The van der Waals surface area contributed by atoms with Crippen molar-refractivity contribution in [2.45, 2.75) is 33.6 Å². The van der Waals surface area contributed by atoms with Crippen LogP contribution in [-0.2, 0) is 6.42 Å². The summed E-state index contributed by atoms with van der Waals surface area (Å²) < 4.78 is 0. The number of benzene rings is 1. The van der Waals surface area contributed by atoms with Crippen LogP contribution in [0.25, 0.3) is 0 Å². The van der Waals surface area contributed by atoms with Crippen molar-refractivity contribution in [2.24, 2.45) is 0 Å². The van der Waals surface area contributed by atoms with Gasteiger partial charge in [-0.3, -0.25) is 0 Å². The minimum absolute atomic E-state index is 0.885. The molecule has 1 aromatic heterocycles. The molecule has 0 aliphatic rings. The van der Waals surface area contributed by atoms with Gasteiger partial charge in [0.25, 0.3) is 0 Å². The zero-order valence-corrected chi connectivity index (χ0v) is 12.6. The molecule has 2 aromatic rings. The number of rotatable bonds is 5. The van der Waals surface area contributed by atoms with E-state index in [0.717, 1.165) is 35.7 Å². The van der Waals surface area contributed by atoms with Crippen LogP contribution in [0.5, 0.6) is 0 Å². The number of hydrogen-bond acceptors (Lipinski definition) is 4. The maximum Gasteiger partial charge on any atom is 0.139 e. The predicted molar refractivity (Wildman–Crippen MR) is 84.8 cm³/mol. The standard InChI is InChI=1S/C16H22N4/c1-5-6-14-15(17-4)18-10-19-16(14)20-13-8-11(2)7-12(3)9-13/h7-10H,5-6H2,1-4H3,(H2,17,18,19,20). The molecule has 2 N–H and O–H groups in total. The maximum atomic E-state index is 4.40. The first-order valence-electron chi connectivity index (χ1n) is 7.01. The Bertz CT molecular complexity index is 573. The Balaban J connectivity index is 2.37. The first kappa shape index (κ1) is 14.3. The highest BCUT2D eigenvalue weighted by Gasteiger charge is 2.10. The molecule has 0 unspecified atom stereocenters. The summed E-state index contributed by atoms with van der Waals surface area (Å²) >= 11 is 0. The van der Waals surface area contributed by atoms with Gasteiger partial charge in [0, 0.05) is 18.3 Å². The Morgan fingerprint density at radius 3 is 2.25 bits per heavy atom. The average molecular weight is 270 g/mol. The minimum atomic E-state index is 0.885. The van der Waals surface area contributed by atoms with Gasteiger partial charge < -0.3 is 10.6 Å². The van der Waals surface area contributed by atoms with E-state index in [2.05, 4.69) is 59.6 Å². The van der Waals surface area contributed by atoms with Gasteiger partial charge in [-0.25, -0.2) is 9.97 Å². The van der Waals surface area contributed by atoms with Crippen LogP contribution in [0.4, 0.5) is 17.3 Å². The number of anilines is 3. The molecule has 1 aromatic carbocycles. The van der Waals surface area contributed by atoms with Crippen molar-refractivity contribution < 1.29 is 0 Å². The Labute approximate surface area is 120 Å². The van der Waals surface area contributed by atoms with Gasteiger partial charge in [-0.2, -0.15) is 0 Å². The molecule has 4 heteroatoms. The minimum Gasteiger partial charge on any atom is -0.373 e. The lowest BCUT2D eigenvalue weighted by molar-refractivity contribution is 0.905. The monoisotopic (exact) mass is 270 g/mol. The first-order valence-corrected chi connectivity index (χ1v) is 7.01. The molecule has 20 heavy (non-hydrogen) atoms. The molecule has 0 saturated carbocycles. The molecule has 1 heterocycles. The quantitative estimate of drug-likeness (QED) is 0.867. The van der Waals surface area contributed by atoms with E-state index in [-0.39, 0.29) is 0 Å². The molecule has 0 aliphatic carbocycles. The summed E-state index contributed by atoms with van der Waals surface area (Å²) in [6.07, 6.45) is 3.60. The summed E-state index contributed by atoms with van der Waals surface area (Å²) in [6, 6.07) is 6.42. The Morgan fingerprint density at radius 2 is 1.65 bits per heavy atom. The molecule has 0 fully saturated rings. The van der Waals surface area contributed by atoms with Gasteiger partial charge in [-0.1, -0.05) is 19.4 Å². The second-order valence-corrected chi connectivity index (χ2v) is 5.05. The highest BCUT2D eigenvalue weighted by atomic mass is 15.1. The molecule has 4 nitrogen and oxygen atoms in total. The van der Waals surface area contributed by atoms with Crippen molar-refractivity contribution in [3.05, 3.63) is 41.2 Å². The van der Waals surface area contributed by atoms with Crippen molar-refractivity contribution in [3.63, 3.8) is 0 Å². The largest absolute Gasteiger partial charge is 0.373 e. The normalized spacial score (nSPS) is 10.4. The molecule has 106 valence electrons. The van der Waals surface area contributed by atoms with Gasteiger partial charge >= 0.3 is 0 Å². The van der Waals surface area contributed by atoms with E-state index in [9.17, 15) is 0 Å². The number of aromatic nitrogens is 2. The van der Waals surface area contributed by atoms with Crippen LogP contribution in [0, 0.1) is 13.8 Å². The van der Waals surface area contributed by atoms with E-state index in [0.29, 0.717) is 0 Å². The van der Waals surface area contributed by atoms with Gasteiger partial charge in [-0.05, 0) is 43.5 Å². The fourth-order valence-corrected chi connectivity index (χ4v) is 2.41. The fourth-order valence-electron chi connectivity index (χ4n) is 2.41. The van der Waals surface area contributed by atoms with Gasteiger partial charge in [0.1, 0.15) is 18.0 Å². The van der Waals surface area contributed by atoms with Gasteiger partial charge in [0.15, 0.2) is 0 Å². The van der Waals surface area contributed by atoms with Gasteiger partial charge in [0.2, 0.25) is 0 Å². The smallest absolute Gasteiger partial charge is 0.139 e. The van der Waals surface area contributed by atoms with Crippen LogP contribution in [0.15, 0.2) is 24.5 Å². The SMILES string of the molecule is CCCc1c(NC)ncnc1Nc1cc(C)cc(C)c1. The van der Waals surface area contributed by atoms with E-state index in [1.807, 2.05) is 7.05 Å². The number of aryl methyl sites for hydroxylation is 2. The highest BCUT2D eigenvalue weighted by Crippen LogP contribution is 2.25. The van der Waals surface area contributed by atoms with Crippen LogP contribution >= 0.6 is 0 Å². The summed E-state index contributed by atoms with van der Waals surface area (Å²) in [6.45, 7) is 6.36. The topological polar surface area (TPSA) is 49.8 Å². The predicted octanol–water partition coefficient (Wildman–Crippen LogP) is 3.83. The molecule has 0 amide bonds. The van der Waals surface area contributed by atoms with E-state index >= 15 is 0 Å². The zero-order chi connectivity index (χ0) is 14.5. The van der Waals surface area contributed by atoms with Crippen molar-refractivity contribution in [1.29, 1.82) is 0 Å². The van der Waals surface area contributed by atoms with Crippen molar-refractivity contribution >= 4 is 17.3 Å². The van der Waals surface area contributed by atoms with Crippen LogP contribution in [0.1, 0.15) is 30.0 Å². The van der Waals surface area contributed by atoms with Crippen LogP contribution < -0.4 is 10.6 Å². The maximum absolute atomic E-state index is 4.40. The molecule has 0 atom stereocenters. The third kappa shape index (κ3) is 3.26. The van der Waals surface area contributed by atoms with Crippen molar-refractivity contribution in [2.75, 3.05) is 17.7 Å². The summed E-state index contributed by atoms with van der Waals surface area (Å²) in [4.78, 5) is 8.69. The molecule has 0 saturated heterocycles. The lowest BCUT2D eigenvalue weighted by atomic mass is 10.1. The average Bonchev–Trinajstić information content (AvgIpc) is 2.39. The van der Waals surface area contributed by atoms with Gasteiger partial charge in [-0.15, -0.1) is 0 Å². The number of hydrogen-bond donors (Lipinski definition) is 2. The number of nitrogens with one attached hydrogen (secondary N) is 2. The molecular formula is C16H22N4. The lowest BCUT2D eigenvalue weighted by Crippen LogP contribution is -2.05. The highest BCUT2D eigenvalue weighted by molar-refractivity contribution is 5.65. The third-order valence-corrected chi connectivity index (χ3v) is 3.17. The molecule has 2 rings (SSSR count). The van der Waals surface area contributed by atoms with Crippen LogP contribution in [-0.4, -0.2) is 17.0 Å². The second kappa shape index (κ2) is 6.37. The zero-order valence-electron chi connectivity index (χ0n) is 12.6. The molecule has 0 bridgehead atoms. The van der Waals surface area contributed by atoms with E-state index in [1.54, 1.807) is 6.33 Å². The Kier molecular flexibility index (Phi) is 4.56. The van der Waals surface area contributed by atoms with Crippen LogP contribution in [0.2, 0.25) is 0 Å². The molecule has 0 spiro atoms. The Hall–Kier alpha value is -2.10. The lowest BCUT2D eigenvalue weighted by Gasteiger charge is -2.14. The third-order valence-electron chi connectivity index (χ3n) is 3.17. The molecule has 0 radical (unpaired) electrons. The van der Waals surface area contributed by atoms with Crippen LogP contribution in [0.3, 0.4) is 0 Å².